The molecule has 6 heteroatoms. The quantitative estimate of drug-likeness (QED) is 0.788. The SMILES string of the molecule is CC1(C)OB(c2ccc(F)c(F)c2OCc2ccccc2)OC1(C)C. The fourth-order valence-corrected chi connectivity index (χ4v) is 2.58. The Labute approximate surface area is 147 Å². The van der Waals surface area contributed by atoms with E-state index in [-0.39, 0.29) is 12.4 Å². The lowest BCUT2D eigenvalue weighted by Crippen LogP contribution is -2.41. The molecule has 0 spiro atoms. The molecular formula is C19H21BF2O3. The Morgan fingerprint density at radius 3 is 2.12 bits per heavy atom. The fourth-order valence-electron chi connectivity index (χ4n) is 2.58. The van der Waals surface area contributed by atoms with Crippen LogP contribution >= 0.6 is 0 Å². The molecule has 3 rings (SSSR count). The standard InChI is InChI=1S/C19H21BF2O3/c1-18(2)19(3,4)25-20(24-18)14-10-11-15(21)16(22)17(14)23-12-13-8-6-5-7-9-13/h5-11H,12H2,1-4H3. The molecule has 2 aromatic carbocycles. The first-order chi connectivity index (χ1) is 11.7. The van der Waals surface area contributed by atoms with Crippen LogP contribution in [0.1, 0.15) is 33.3 Å². The average Bonchev–Trinajstić information content (AvgIpc) is 2.77. The van der Waals surface area contributed by atoms with Crippen LogP contribution < -0.4 is 10.2 Å². The Morgan fingerprint density at radius 2 is 1.52 bits per heavy atom. The van der Waals surface area contributed by atoms with Crippen molar-refractivity contribution < 1.29 is 22.8 Å². The second-order valence-corrected chi connectivity index (χ2v) is 7.14. The van der Waals surface area contributed by atoms with Gasteiger partial charge >= 0.3 is 7.12 Å². The molecular weight excluding hydrogens is 325 g/mol. The summed E-state index contributed by atoms with van der Waals surface area (Å²) in [5.74, 6) is -2.19. The van der Waals surface area contributed by atoms with Crippen LogP contribution in [0.5, 0.6) is 5.75 Å². The molecule has 0 amide bonds. The van der Waals surface area contributed by atoms with Crippen LogP contribution in [0.15, 0.2) is 42.5 Å². The highest BCUT2D eigenvalue weighted by molar-refractivity contribution is 6.63. The van der Waals surface area contributed by atoms with Crippen molar-refractivity contribution in [2.45, 2.75) is 45.5 Å². The number of rotatable bonds is 4. The summed E-state index contributed by atoms with van der Waals surface area (Å²) in [5.41, 5.74) is 0.0258. The van der Waals surface area contributed by atoms with E-state index in [1.165, 1.54) is 6.07 Å². The summed E-state index contributed by atoms with van der Waals surface area (Å²) >= 11 is 0. The molecule has 0 saturated carbocycles. The monoisotopic (exact) mass is 346 g/mol. The Hall–Kier alpha value is -1.92. The molecule has 0 aromatic heterocycles. The molecule has 0 radical (unpaired) electrons. The molecule has 1 aliphatic rings. The predicted octanol–water partition coefficient (Wildman–Crippen LogP) is 3.84. The van der Waals surface area contributed by atoms with Gasteiger partial charge in [-0.3, -0.25) is 0 Å². The molecule has 1 heterocycles. The van der Waals surface area contributed by atoms with Crippen LogP contribution in [0.2, 0.25) is 0 Å². The normalized spacial score (nSPS) is 18.4. The summed E-state index contributed by atoms with van der Waals surface area (Å²) in [7, 11) is -0.828. The van der Waals surface area contributed by atoms with Gasteiger partial charge in [-0.25, -0.2) is 4.39 Å². The maximum Gasteiger partial charge on any atom is 0.498 e. The lowest BCUT2D eigenvalue weighted by molar-refractivity contribution is 0.00578. The molecule has 25 heavy (non-hydrogen) atoms. The molecule has 1 aliphatic heterocycles. The highest BCUT2D eigenvalue weighted by Crippen LogP contribution is 2.37. The van der Waals surface area contributed by atoms with E-state index in [1.54, 1.807) is 0 Å². The van der Waals surface area contributed by atoms with Gasteiger partial charge in [0.2, 0.25) is 0 Å². The summed E-state index contributed by atoms with van der Waals surface area (Å²) in [6.45, 7) is 7.72. The van der Waals surface area contributed by atoms with Gasteiger partial charge in [0.25, 0.3) is 0 Å². The molecule has 0 aliphatic carbocycles. The van der Waals surface area contributed by atoms with Crippen molar-refractivity contribution in [1.29, 1.82) is 0 Å². The first-order valence-corrected chi connectivity index (χ1v) is 8.21. The van der Waals surface area contributed by atoms with Gasteiger partial charge in [0.05, 0.1) is 11.2 Å². The van der Waals surface area contributed by atoms with E-state index in [9.17, 15) is 8.78 Å². The van der Waals surface area contributed by atoms with Crippen LogP contribution in [0.3, 0.4) is 0 Å². The van der Waals surface area contributed by atoms with Crippen LogP contribution in [0.25, 0.3) is 0 Å². The van der Waals surface area contributed by atoms with E-state index in [4.69, 9.17) is 14.0 Å². The number of hydrogen-bond donors (Lipinski definition) is 0. The largest absolute Gasteiger partial charge is 0.498 e. The topological polar surface area (TPSA) is 27.7 Å². The minimum absolute atomic E-state index is 0.119. The first-order valence-electron chi connectivity index (χ1n) is 8.21. The predicted molar refractivity (Wildman–Crippen MR) is 92.8 cm³/mol. The van der Waals surface area contributed by atoms with Gasteiger partial charge in [0.1, 0.15) is 6.61 Å². The zero-order chi connectivity index (χ0) is 18.2. The van der Waals surface area contributed by atoms with Crippen molar-refractivity contribution in [1.82, 2.24) is 0 Å². The fraction of sp³-hybridized carbons (Fsp3) is 0.368. The van der Waals surface area contributed by atoms with Crippen molar-refractivity contribution in [3.63, 3.8) is 0 Å². The second kappa shape index (κ2) is 6.43. The highest BCUT2D eigenvalue weighted by atomic mass is 19.2. The van der Waals surface area contributed by atoms with Gasteiger partial charge in [-0.2, -0.15) is 4.39 Å². The third kappa shape index (κ3) is 3.41. The molecule has 0 N–H and O–H groups in total. The Morgan fingerprint density at radius 1 is 0.920 bits per heavy atom. The Bertz CT molecular complexity index is 747. The van der Waals surface area contributed by atoms with Crippen molar-refractivity contribution in [3.8, 4) is 5.75 Å². The third-order valence-corrected chi connectivity index (χ3v) is 4.81. The van der Waals surface area contributed by atoms with Gasteiger partial charge in [0.15, 0.2) is 17.4 Å². The maximum absolute atomic E-state index is 14.4. The molecule has 3 nitrogen and oxygen atoms in total. The molecule has 0 atom stereocenters. The summed E-state index contributed by atoms with van der Waals surface area (Å²) in [5, 5.41) is 0. The van der Waals surface area contributed by atoms with E-state index < -0.39 is 30.0 Å². The Balaban J connectivity index is 1.91. The van der Waals surface area contributed by atoms with Gasteiger partial charge in [-0.1, -0.05) is 36.4 Å². The molecule has 0 unspecified atom stereocenters. The molecule has 132 valence electrons. The van der Waals surface area contributed by atoms with Crippen molar-refractivity contribution in [2.75, 3.05) is 0 Å². The van der Waals surface area contributed by atoms with Gasteiger partial charge < -0.3 is 14.0 Å². The van der Waals surface area contributed by atoms with Crippen LogP contribution in [-0.4, -0.2) is 18.3 Å². The second-order valence-electron chi connectivity index (χ2n) is 7.14. The summed E-state index contributed by atoms with van der Waals surface area (Å²) in [6.07, 6.45) is 0. The zero-order valence-corrected chi connectivity index (χ0v) is 14.8. The summed E-state index contributed by atoms with van der Waals surface area (Å²) in [4.78, 5) is 0. The summed E-state index contributed by atoms with van der Waals surface area (Å²) < 4.78 is 45.6. The van der Waals surface area contributed by atoms with E-state index in [0.29, 0.717) is 5.46 Å². The van der Waals surface area contributed by atoms with E-state index in [2.05, 4.69) is 0 Å². The van der Waals surface area contributed by atoms with Crippen LogP contribution in [-0.2, 0) is 15.9 Å². The van der Waals surface area contributed by atoms with Gasteiger partial charge in [-0.15, -0.1) is 0 Å². The molecule has 1 saturated heterocycles. The number of ether oxygens (including phenoxy) is 1. The molecule has 1 fully saturated rings. The van der Waals surface area contributed by atoms with E-state index >= 15 is 0 Å². The van der Waals surface area contributed by atoms with Crippen molar-refractivity contribution in [2.24, 2.45) is 0 Å². The van der Waals surface area contributed by atoms with Crippen LogP contribution in [0, 0.1) is 11.6 Å². The van der Waals surface area contributed by atoms with Gasteiger partial charge in [0, 0.05) is 5.46 Å². The third-order valence-electron chi connectivity index (χ3n) is 4.81. The average molecular weight is 346 g/mol. The van der Waals surface area contributed by atoms with Crippen molar-refractivity contribution >= 4 is 12.6 Å². The first kappa shape index (κ1) is 17.9. The minimum Gasteiger partial charge on any atom is -0.486 e. The van der Waals surface area contributed by atoms with Crippen LogP contribution in [0.4, 0.5) is 8.78 Å². The lowest BCUT2D eigenvalue weighted by Gasteiger charge is -2.32. The zero-order valence-electron chi connectivity index (χ0n) is 14.8. The minimum atomic E-state index is -1.04. The number of hydrogen-bond acceptors (Lipinski definition) is 3. The van der Waals surface area contributed by atoms with E-state index in [1.807, 2.05) is 58.0 Å². The number of benzene rings is 2. The lowest BCUT2D eigenvalue weighted by atomic mass is 9.78. The van der Waals surface area contributed by atoms with Crippen molar-refractivity contribution in [3.05, 3.63) is 59.7 Å². The number of halogens is 2. The molecule has 2 aromatic rings. The highest BCUT2D eigenvalue weighted by Gasteiger charge is 2.52. The van der Waals surface area contributed by atoms with E-state index in [0.717, 1.165) is 11.6 Å². The smallest absolute Gasteiger partial charge is 0.486 e. The Kier molecular flexibility index (Phi) is 4.60. The van der Waals surface area contributed by atoms with Gasteiger partial charge in [-0.05, 0) is 39.3 Å². The molecule has 0 bridgehead atoms. The summed E-state index contributed by atoms with van der Waals surface area (Å²) in [6, 6.07) is 11.8. The maximum atomic E-state index is 14.4.